The lowest BCUT2D eigenvalue weighted by Crippen LogP contribution is -2.07. The molecule has 0 aliphatic rings. The van der Waals surface area contributed by atoms with Gasteiger partial charge in [0.15, 0.2) is 0 Å². The molecule has 0 bridgehead atoms. The molecule has 4 rings (SSSR count). The van der Waals surface area contributed by atoms with E-state index >= 15 is 0 Å². The first-order chi connectivity index (χ1) is 13.7. The molecule has 0 aliphatic heterocycles. The third-order valence-electron chi connectivity index (χ3n) is 4.16. The molecule has 0 saturated carbocycles. The highest BCUT2D eigenvalue weighted by molar-refractivity contribution is 5.63. The van der Waals surface area contributed by atoms with Crippen LogP contribution in [0.25, 0.3) is 22.8 Å². The Morgan fingerprint density at radius 1 is 1.11 bits per heavy atom. The summed E-state index contributed by atoms with van der Waals surface area (Å²) in [6, 6.07) is 11.8. The highest BCUT2D eigenvalue weighted by Gasteiger charge is 2.10. The number of benzene rings is 1. The van der Waals surface area contributed by atoms with Gasteiger partial charge in [-0.2, -0.15) is 5.21 Å². The van der Waals surface area contributed by atoms with Crippen LogP contribution in [0.3, 0.4) is 0 Å². The zero-order valence-corrected chi connectivity index (χ0v) is 15.8. The summed E-state index contributed by atoms with van der Waals surface area (Å²) < 4.78 is 7.97. The van der Waals surface area contributed by atoms with Crippen LogP contribution in [0.1, 0.15) is 19.4 Å². The Kier molecular flexibility index (Phi) is 5.09. The molecule has 8 nitrogen and oxygen atoms in total. The molecule has 3 heterocycles. The number of pyridine rings is 1. The van der Waals surface area contributed by atoms with Crippen LogP contribution >= 0.6 is 0 Å². The van der Waals surface area contributed by atoms with Gasteiger partial charge in [-0.25, -0.2) is 4.98 Å². The van der Waals surface area contributed by atoms with Gasteiger partial charge in [-0.05, 0) is 29.3 Å². The number of rotatable bonds is 7. The molecule has 4 aromatic rings. The molecule has 1 N–H and O–H groups in total. The van der Waals surface area contributed by atoms with Gasteiger partial charge >= 0.3 is 0 Å². The lowest BCUT2D eigenvalue weighted by Gasteiger charge is -2.13. The minimum absolute atomic E-state index is 0.477. The standard InChI is InChI=1S/C20H21N7O/c1-14(2)12-28-19-6-4-3-5-16(19)10-27-11-18(22-13-27)17-9-15(7-8-21-17)20-23-25-26-24-20/h3-9,11,13-14H,10,12H2,1-2H3,(H,23,24,25,26). The molecule has 8 heteroatoms. The van der Waals surface area contributed by atoms with Crippen molar-refractivity contribution in [3.05, 3.63) is 60.7 Å². The fourth-order valence-electron chi connectivity index (χ4n) is 2.80. The Morgan fingerprint density at radius 3 is 2.82 bits per heavy atom. The van der Waals surface area contributed by atoms with Crippen LogP contribution < -0.4 is 4.74 Å². The van der Waals surface area contributed by atoms with Crippen LogP contribution in [0.2, 0.25) is 0 Å². The maximum atomic E-state index is 5.95. The number of H-pyrrole nitrogens is 1. The predicted molar refractivity (Wildman–Crippen MR) is 105 cm³/mol. The van der Waals surface area contributed by atoms with Crippen LogP contribution in [0.5, 0.6) is 5.75 Å². The highest BCUT2D eigenvalue weighted by Crippen LogP contribution is 2.23. The summed E-state index contributed by atoms with van der Waals surface area (Å²) >= 11 is 0. The monoisotopic (exact) mass is 375 g/mol. The second-order valence-corrected chi connectivity index (χ2v) is 6.91. The summed E-state index contributed by atoms with van der Waals surface area (Å²) in [4.78, 5) is 8.92. The van der Waals surface area contributed by atoms with E-state index in [0.29, 0.717) is 24.9 Å². The van der Waals surface area contributed by atoms with E-state index < -0.39 is 0 Å². The average molecular weight is 375 g/mol. The van der Waals surface area contributed by atoms with Crippen molar-refractivity contribution in [1.82, 2.24) is 35.2 Å². The number of imidazole rings is 1. The lowest BCUT2D eigenvalue weighted by atomic mass is 10.2. The van der Waals surface area contributed by atoms with E-state index in [4.69, 9.17) is 4.74 Å². The van der Waals surface area contributed by atoms with Crippen molar-refractivity contribution in [2.24, 2.45) is 5.92 Å². The van der Waals surface area contributed by atoms with Crippen LogP contribution in [-0.2, 0) is 6.54 Å². The summed E-state index contributed by atoms with van der Waals surface area (Å²) in [5.41, 5.74) is 3.48. The maximum absolute atomic E-state index is 5.95. The molecule has 142 valence electrons. The third-order valence-corrected chi connectivity index (χ3v) is 4.16. The summed E-state index contributed by atoms with van der Waals surface area (Å²) in [6.07, 6.45) is 5.49. The van der Waals surface area contributed by atoms with Gasteiger partial charge in [-0.3, -0.25) is 4.98 Å². The Labute approximate surface area is 162 Å². The number of nitrogens with zero attached hydrogens (tertiary/aromatic N) is 6. The molecule has 0 unspecified atom stereocenters. The molecule has 0 saturated heterocycles. The first-order valence-corrected chi connectivity index (χ1v) is 9.12. The fraction of sp³-hybridized carbons (Fsp3) is 0.250. The van der Waals surface area contributed by atoms with Crippen LogP contribution in [-0.4, -0.2) is 41.8 Å². The molecular weight excluding hydrogens is 354 g/mol. The summed E-state index contributed by atoms with van der Waals surface area (Å²) in [6.45, 7) is 5.64. The molecule has 3 aromatic heterocycles. The van der Waals surface area contributed by atoms with Gasteiger partial charge in [0.05, 0.1) is 25.2 Å². The van der Waals surface area contributed by atoms with Crippen molar-refractivity contribution >= 4 is 0 Å². The molecule has 0 spiro atoms. The molecule has 1 aromatic carbocycles. The van der Waals surface area contributed by atoms with Gasteiger partial charge < -0.3 is 9.30 Å². The number of hydrogen-bond acceptors (Lipinski definition) is 6. The Balaban J connectivity index is 1.54. The fourth-order valence-corrected chi connectivity index (χ4v) is 2.80. The second kappa shape index (κ2) is 7.99. The summed E-state index contributed by atoms with van der Waals surface area (Å²) in [5, 5.41) is 14.1. The minimum atomic E-state index is 0.477. The number of ether oxygens (including phenoxy) is 1. The van der Waals surface area contributed by atoms with Gasteiger partial charge in [-0.15, -0.1) is 10.2 Å². The summed E-state index contributed by atoms with van der Waals surface area (Å²) in [7, 11) is 0. The van der Waals surface area contributed by atoms with Crippen LogP contribution in [0.4, 0.5) is 0 Å². The zero-order valence-electron chi connectivity index (χ0n) is 15.8. The summed E-state index contributed by atoms with van der Waals surface area (Å²) in [5.74, 6) is 1.91. The van der Waals surface area contributed by atoms with Crippen molar-refractivity contribution in [2.75, 3.05) is 6.61 Å². The van der Waals surface area contributed by atoms with Crippen molar-refractivity contribution < 1.29 is 4.74 Å². The number of aromatic nitrogens is 7. The van der Waals surface area contributed by atoms with Gasteiger partial charge in [0.2, 0.25) is 5.82 Å². The van der Waals surface area contributed by atoms with Crippen molar-refractivity contribution in [3.8, 4) is 28.5 Å². The average Bonchev–Trinajstić information content (AvgIpc) is 3.40. The number of nitrogens with one attached hydrogen (secondary N) is 1. The van der Waals surface area contributed by atoms with Crippen LogP contribution in [0.15, 0.2) is 55.1 Å². The number of para-hydroxylation sites is 1. The molecule has 0 amide bonds. The topological polar surface area (TPSA) is 94.4 Å². The van der Waals surface area contributed by atoms with E-state index in [9.17, 15) is 0 Å². The van der Waals surface area contributed by atoms with Crippen LogP contribution in [0, 0.1) is 5.92 Å². The molecule has 0 fully saturated rings. The Hall–Kier alpha value is -3.55. The third kappa shape index (κ3) is 4.06. The SMILES string of the molecule is CC(C)COc1ccccc1Cn1cnc(-c2cc(-c3nn[nH]n3)ccn2)c1. The Morgan fingerprint density at radius 2 is 2.00 bits per heavy atom. The zero-order chi connectivity index (χ0) is 19.3. The largest absolute Gasteiger partial charge is 0.493 e. The van der Waals surface area contributed by atoms with Gasteiger partial charge in [0.1, 0.15) is 11.4 Å². The van der Waals surface area contributed by atoms with E-state index in [0.717, 1.165) is 28.3 Å². The molecule has 0 atom stereocenters. The van der Waals surface area contributed by atoms with E-state index in [1.807, 2.05) is 41.1 Å². The first-order valence-electron chi connectivity index (χ1n) is 9.12. The maximum Gasteiger partial charge on any atom is 0.204 e. The predicted octanol–water partition coefficient (Wildman–Crippen LogP) is 3.21. The second-order valence-electron chi connectivity index (χ2n) is 6.91. The van der Waals surface area contributed by atoms with Crippen molar-refractivity contribution in [3.63, 3.8) is 0 Å². The minimum Gasteiger partial charge on any atom is -0.493 e. The van der Waals surface area contributed by atoms with Gasteiger partial charge in [0, 0.05) is 23.5 Å². The number of aromatic amines is 1. The first kappa shape index (κ1) is 17.8. The van der Waals surface area contributed by atoms with Crippen molar-refractivity contribution in [1.29, 1.82) is 0 Å². The van der Waals surface area contributed by atoms with E-state index in [1.54, 1.807) is 12.5 Å². The van der Waals surface area contributed by atoms with E-state index in [1.165, 1.54) is 0 Å². The number of tetrazole rings is 1. The quantitative estimate of drug-likeness (QED) is 0.533. The van der Waals surface area contributed by atoms with E-state index in [2.05, 4.69) is 50.5 Å². The highest BCUT2D eigenvalue weighted by atomic mass is 16.5. The normalized spacial score (nSPS) is 11.1. The van der Waals surface area contributed by atoms with Gasteiger partial charge in [-0.1, -0.05) is 32.0 Å². The smallest absolute Gasteiger partial charge is 0.204 e. The molecule has 0 aliphatic carbocycles. The van der Waals surface area contributed by atoms with Gasteiger partial charge in [0.25, 0.3) is 0 Å². The molecule has 0 radical (unpaired) electrons. The van der Waals surface area contributed by atoms with E-state index in [-0.39, 0.29) is 0 Å². The Bertz CT molecular complexity index is 1040. The molecular formula is C20H21N7O. The lowest BCUT2D eigenvalue weighted by molar-refractivity contribution is 0.268. The molecule has 28 heavy (non-hydrogen) atoms. The number of hydrogen-bond donors (Lipinski definition) is 1. The van der Waals surface area contributed by atoms with Crippen molar-refractivity contribution in [2.45, 2.75) is 20.4 Å².